The van der Waals surface area contributed by atoms with Crippen molar-refractivity contribution in [3.8, 4) is 0 Å². The molecule has 0 radical (unpaired) electrons. The first-order valence-electron chi connectivity index (χ1n) is 5.44. The van der Waals surface area contributed by atoms with Crippen LogP contribution in [0.25, 0.3) is 11.2 Å². The van der Waals surface area contributed by atoms with Gasteiger partial charge in [-0.3, -0.25) is 9.36 Å². The van der Waals surface area contributed by atoms with E-state index in [1.807, 2.05) is 13.0 Å². The summed E-state index contributed by atoms with van der Waals surface area (Å²) in [6, 6.07) is 3.61. The highest BCUT2D eigenvalue weighted by Gasteiger charge is 2.14. The summed E-state index contributed by atoms with van der Waals surface area (Å²) < 4.78 is 1.63. The lowest BCUT2D eigenvalue weighted by Gasteiger charge is -2.15. The Balaban J connectivity index is 2.35. The number of imidazole rings is 1. The van der Waals surface area contributed by atoms with E-state index < -0.39 is 0 Å². The number of pyridine rings is 1. The molecule has 6 heteroatoms. The van der Waals surface area contributed by atoms with E-state index in [9.17, 15) is 4.79 Å². The number of nitrogens with zero attached hydrogens (tertiary/aromatic N) is 4. The Morgan fingerprint density at radius 2 is 2.35 bits per heavy atom. The van der Waals surface area contributed by atoms with Crippen LogP contribution < -0.4 is 5.73 Å². The highest BCUT2D eigenvalue weighted by molar-refractivity contribution is 5.80. The lowest BCUT2D eigenvalue weighted by molar-refractivity contribution is -0.130. The maximum atomic E-state index is 11.8. The number of carbonyl (C=O) groups is 1. The highest BCUT2D eigenvalue weighted by atomic mass is 16.2. The van der Waals surface area contributed by atoms with Crippen molar-refractivity contribution in [1.82, 2.24) is 19.4 Å². The summed E-state index contributed by atoms with van der Waals surface area (Å²) in [6.45, 7) is 2.76. The topological polar surface area (TPSA) is 77.0 Å². The number of carbonyl (C=O) groups excluding carboxylic acids is 1. The van der Waals surface area contributed by atoms with Gasteiger partial charge in [0.05, 0.1) is 0 Å². The number of hydrogen-bond acceptors (Lipinski definition) is 4. The fourth-order valence-electron chi connectivity index (χ4n) is 1.56. The van der Waals surface area contributed by atoms with Crippen LogP contribution in [0.1, 0.15) is 6.92 Å². The predicted molar refractivity (Wildman–Crippen MR) is 65.3 cm³/mol. The van der Waals surface area contributed by atoms with Crippen LogP contribution in [0.2, 0.25) is 0 Å². The number of anilines is 1. The number of aromatic nitrogens is 3. The molecule has 0 fully saturated rings. The first-order valence-corrected chi connectivity index (χ1v) is 5.44. The Morgan fingerprint density at radius 3 is 3.06 bits per heavy atom. The molecule has 90 valence electrons. The second kappa shape index (κ2) is 4.40. The first kappa shape index (κ1) is 11.4. The van der Waals surface area contributed by atoms with Crippen molar-refractivity contribution in [3.63, 3.8) is 0 Å². The van der Waals surface area contributed by atoms with Crippen LogP contribution in [0.15, 0.2) is 18.3 Å². The molecule has 0 aliphatic rings. The van der Waals surface area contributed by atoms with E-state index in [1.54, 1.807) is 28.8 Å². The zero-order chi connectivity index (χ0) is 12.4. The maximum Gasteiger partial charge on any atom is 0.242 e. The van der Waals surface area contributed by atoms with Crippen LogP contribution in [0.3, 0.4) is 0 Å². The van der Waals surface area contributed by atoms with Crippen LogP contribution >= 0.6 is 0 Å². The second-order valence-corrected chi connectivity index (χ2v) is 3.81. The van der Waals surface area contributed by atoms with Crippen molar-refractivity contribution in [2.75, 3.05) is 19.3 Å². The first-order chi connectivity index (χ1) is 8.13. The Morgan fingerprint density at radius 1 is 1.59 bits per heavy atom. The van der Waals surface area contributed by atoms with Gasteiger partial charge in [-0.1, -0.05) is 0 Å². The smallest absolute Gasteiger partial charge is 0.242 e. The minimum Gasteiger partial charge on any atom is -0.369 e. The van der Waals surface area contributed by atoms with Gasteiger partial charge in [0.25, 0.3) is 0 Å². The molecule has 2 rings (SSSR count). The second-order valence-electron chi connectivity index (χ2n) is 3.81. The standard InChI is InChI=1S/C11H15N5O/c1-3-15(2)9(17)7-16-10-8(14-11(16)12)5-4-6-13-10/h4-6H,3,7H2,1-2H3,(H2,12,14). The maximum absolute atomic E-state index is 11.8. The van der Waals surface area contributed by atoms with E-state index in [2.05, 4.69) is 9.97 Å². The Kier molecular flexibility index (Phi) is 2.95. The summed E-state index contributed by atoms with van der Waals surface area (Å²) in [6.07, 6.45) is 1.66. The van der Waals surface area contributed by atoms with E-state index >= 15 is 0 Å². The average Bonchev–Trinajstić information content (AvgIpc) is 2.65. The summed E-state index contributed by atoms with van der Waals surface area (Å²) >= 11 is 0. The normalized spacial score (nSPS) is 10.7. The molecule has 0 unspecified atom stereocenters. The SMILES string of the molecule is CCN(C)C(=O)Cn1c(N)nc2cccnc21. The number of likely N-dealkylation sites (N-methyl/N-ethyl adjacent to an activating group) is 1. The molecule has 1 amide bonds. The molecule has 0 bridgehead atoms. The third kappa shape index (κ3) is 2.06. The van der Waals surface area contributed by atoms with Crippen molar-refractivity contribution in [2.45, 2.75) is 13.5 Å². The molecule has 0 saturated heterocycles. The van der Waals surface area contributed by atoms with Gasteiger partial charge in [0.15, 0.2) is 5.65 Å². The molecule has 0 spiro atoms. The molecule has 2 aromatic heterocycles. The highest BCUT2D eigenvalue weighted by Crippen LogP contribution is 2.14. The Labute approximate surface area is 99.1 Å². The molecule has 0 saturated carbocycles. The number of fused-ring (bicyclic) bond motifs is 1. The number of hydrogen-bond donors (Lipinski definition) is 1. The minimum atomic E-state index is -0.0100. The number of nitrogens with two attached hydrogens (primary N) is 1. The minimum absolute atomic E-state index is 0.0100. The van der Waals surface area contributed by atoms with Crippen molar-refractivity contribution in [2.24, 2.45) is 0 Å². The van der Waals surface area contributed by atoms with E-state index in [0.717, 1.165) is 0 Å². The fraction of sp³-hybridized carbons (Fsp3) is 0.364. The van der Waals surface area contributed by atoms with Gasteiger partial charge in [-0.05, 0) is 19.1 Å². The molecule has 0 aliphatic heterocycles. The molecule has 2 aromatic rings. The van der Waals surface area contributed by atoms with Gasteiger partial charge in [0.2, 0.25) is 11.9 Å². The van der Waals surface area contributed by atoms with Gasteiger partial charge >= 0.3 is 0 Å². The molecule has 0 aliphatic carbocycles. The third-order valence-electron chi connectivity index (χ3n) is 2.73. The van der Waals surface area contributed by atoms with Gasteiger partial charge in [-0.2, -0.15) is 0 Å². The van der Waals surface area contributed by atoms with Gasteiger partial charge in [0, 0.05) is 19.8 Å². The monoisotopic (exact) mass is 233 g/mol. The summed E-state index contributed by atoms with van der Waals surface area (Å²) in [5, 5.41) is 0. The number of nitrogen functional groups attached to an aromatic ring is 1. The van der Waals surface area contributed by atoms with E-state index in [-0.39, 0.29) is 12.5 Å². The van der Waals surface area contributed by atoms with E-state index in [1.165, 1.54) is 0 Å². The molecule has 17 heavy (non-hydrogen) atoms. The van der Waals surface area contributed by atoms with Crippen LogP contribution in [0, 0.1) is 0 Å². The number of rotatable bonds is 3. The summed E-state index contributed by atoms with van der Waals surface area (Å²) in [5.74, 6) is 0.306. The molecule has 0 atom stereocenters. The van der Waals surface area contributed by atoms with Crippen LogP contribution in [-0.2, 0) is 11.3 Å². The van der Waals surface area contributed by atoms with Crippen LogP contribution in [0.5, 0.6) is 0 Å². The molecule has 2 heterocycles. The van der Waals surface area contributed by atoms with Crippen molar-refractivity contribution >= 4 is 23.0 Å². The lowest BCUT2D eigenvalue weighted by atomic mass is 10.4. The number of amides is 1. The van der Waals surface area contributed by atoms with Crippen LogP contribution in [0.4, 0.5) is 5.95 Å². The molecule has 2 N–H and O–H groups in total. The van der Waals surface area contributed by atoms with Gasteiger partial charge in [-0.15, -0.1) is 0 Å². The third-order valence-corrected chi connectivity index (χ3v) is 2.73. The van der Waals surface area contributed by atoms with Crippen molar-refractivity contribution < 1.29 is 4.79 Å². The van der Waals surface area contributed by atoms with Crippen molar-refractivity contribution in [1.29, 1.82) is 0 Å². The van der Waals surface area contributed by atoms with Crippen molar-refractivity contribution in [3.05, 3.63) is 18.3 Å². The van der Waals surface area contributed by atoms with Gasteiger partial charge < -0.3 is 10.6 Å². The summed E-state index contributed by atoms with van der Waals surface area (Å²) in [7, 11) is 1.76. The fourth-order valence-corrected chi connectivity index (χ4v) is 1.56. The molecule has 0 aromatic carbocycles. The Bertz CT molecular complexity index is 548. The predicted octanol–water partition coefficient (Wildman–Crippen LogP) is 0.492. The zero-order valence-corrected chi connectivity index (χ0v) is 9.92. The summed E-state index contributed by atoms with van der Waals surface area (Å²) in [4.78, 5) is 21.8. The van der Waals surface area contributed by atoms with Gasteiger partial charge in [-0.25, -0.2) is 9.97 Å². The lowest BCUT2D eigenvalue weighted by Crippen LogP contribution is -2.30. The zero-order valence-electron chi connectivity index (χ0n) is 9.92. The largest absolute Gasteiger partial charge is 0.369 e. The Hall–Kier alpha value is -2.11. The molecule has 6 nitrogen and oxygen atoms in total. The van der Waals surface area contributed by atoms with Gasteiger partial charge in [0.1, 0.15) is 12.1 Å². The molecular weight excluding hydrogens is 218 g/mol. The van der Waals surface area contributed by atoms with E-state index in [4.69, 9.17) is 5.73 Å². The molecular formula is C11H15N5O. The average molecular weight is 233 g/mol. The quantitative estimate of drug-likeness (QED) is 0.837. The summed E-state index contributed by atoms with van der Waals surface area (Å²) in [5.41, 5.74) is 7.13. The van der Waals surface area contributed by atoms with E-state index in [0.29, 0.717) is 23.7 Å². The van der Waals surface area contributed by atoms with Crippen LogP contribution in [-0.4, -0.2) is 38.9 Å².